The van der Waals surface area contributed by atoms with Gasteiger partial charge in [0.2, 0.25) is 0 Å². The summed E-state index contributed by atoms with van der Waals surface area (Å²) in [6, 6.07) is 3.67. The third-order valence-corrected chi connectivity index (χ3v) is 3.77. The van der Waals surface area contributed by atoms with E-state index in [4.69, 9.17) is 9.72 Å². The van der Waals surface area contributed by atoms with E-state index in [-0.39, 0.29) is 0 Å². The first-order chi connectivity index (χ1) is 10.8. The Kier molecular flexibility index (Phi) is 3.83. The Bertz CT molecular complexity index is 730. The van der Waals surface area contributed by atoms with E-state index in [1.54, 1.807) is 12.3 Å². The van der Waals surface area contributed by atoms with E-state index in [0.717, 1.165) is 29.9 Å². The molecule has 6 heteroatoms. The number of H-pyrrole nitrogens is 1. The van der Waals surface area contributed by atoms with Crippen molar-refractivity contribution in [3.63, 3.8) is 0 Å². The van der Waals surface area contributed by atoms with E-state index in [1.165, 1.54) is 5.69 Å². The average Bonchev–Trinajstić information content (AvgIpc) is 2.99. The molecule has 6 nitrogen and oxygen atoms in total. The summed E-state index contributed by atoms with van der Waals surface area (Å²) in [5.74, 6) is 1.76. The maximum absolute atomic E-state index is 11.8. The second-order valence-electron chi connectivity index (χ2n) is 6.95. The van der Waals surface area contributed by atoms with Gasteiger partial charge in [0, 0.05) is 23.4 Å². The largest absolute Gasteiger partial charge is 0.444 e. The third-order valence-electron chi connectivity index (χ3n) is 3.77. The molecule has 122 valence electrons. The highest BCUT2D eigenvalue weighted by Gasteiger charge is 2.23. The minimum absolute atomic E-state index is 0.446. The number of aromatic nitrogens is 3. The zero-order chi connectivity index (χ0) is 16.6. The van der Waals surface area contributed by atoms with Crippen LogP contribution in [0.4, 0.5) is 10.6 Å². The number of fused-ring (bicyclic) bond motifs is 1. The van der Waals surface area contributed by atoms with E-state index in [2.05, 4.69) is 22.2 Å². The molecule has 0 radical (unpaired) electrons. The highest BCUT2D eigenvalue weighted by molar-refractivity contribution is 5.84. The Labute approximate surface area is 135 Å². The Morgan fingerprint density at radius 3 is 2.91 bits per heavy atom. The standard InChI is InChI=1S/C17H22N4O2/c1-10-5-6-12-14(10)21-15(19-12)11-7-8-18-13(9-11)20-16(22)23-17(2,3)4/h7-10H,5-6H2,1-4H3,(H,19,21)(H,18,20,22). The molecule has 2 heterocycles. The van der Waals surface area contributed by atoms with Crippen molar-refractivity contribution >= 4 is 11.9 Å². The van der Waals surface area contributed by atoms with Crippen molar-refractivity contribution in [1.29, 1.82) is 0 Å². The summed E-state index contributed by atoms with van der Waals surface area (Å²) < 4.78 is 5.24. The van der Waals surface area contributed by atoms with Gasteiger partial charge in [-0.05, 0) is 45.7 Å². The molecule has 2 N–H and O–H groups in total. The van der Waals surface area contributed by atoms with Gasteiger partial charge in [-0.3, -0.25) is 5.32 Å². The number of hydrogen-bond acceptors (Lipinski definition) is 4. The normalized spacial score (nSPS) is 17.0. The Morgan fingerprint density at radius 2 is 2.22 bits per heavy atom. The minimum atomic E-state index is -0.542. The zero-order valence-corrected chi connectivity index (χ0v) is 13.9. The molecule has 0 saturated heterocycles. The van der Waals surface area contributed by atoms with Crippen LogP contribution in [0.5, 0.6) is 0 Å². The van der Waals surface area contributed by atoms with Crippen molar-refractivity contribution in [3.8, 4) is 11.4 Å². The summed E-state index contributed by atoms with van der Waals surface area (Å²) in [4.78, 5) is 24.1. The van der Waals surface area contributed by atoms with Gasteiger partial charge >= 0.3 is 6.09 Å². The molecule has 2 aromatic rings. The summed E-state index contributed by atoms with van der Waals surface area (Å²) in [6.45, 7) is 7.66. The number of nitrogens with zero attached hydrogens (tertiary/aromatic N) is 2. The van der Waals surface area contributed by atoms with Gasteiger partial charge in [0.05, 0.1) is 5.69 Å². The van der Waals surface area contributed by atoms with Crippen LogP contribution in [-0.4, -0.2) is 26.6 Å². The van der Waals surface area contributed by atoms with Crippen LogP contribution in [0.1, 0.15) is 51.4 Å². The lowest BCUT2D eigenvalue weighted by atomic mass is 10.1. The van der Waals surface area contributed by atoms with Crippen molar-refractivity contribution in [2.24, 2.45) is 0 Å². The monoisotopic (exact) mass is 314 g/mol. The van der Waals surface area contributed by atoms with Crippen LogP contribution in [0.25, 0.3) is 11.4 Å². The minimum Gasteiger partial charge on any atom is -0.444 e. The maximum atomic E-state index is 11.8. The van der Waals surface area contributed by atoms with Gasteiger partial charge in [0.15, 0.2) is 0 Å². The number of hydrogen-bond donors (Lipinski definition) is 2. The van der Waals surface area contributed by atoms with Crippen molar-refractivity contribution in [3.05, 3.63) is 29.7 Å². The van der Waals surface area contributed by atoms with E-state index in [0.29, 0.717) is 11.7 Å². The van der Waals surface area contributed by atoms with Gasteiger partial charge < -0.3 is 9.72 Å². The smallest absolute Gasteiger partial charge is 0.413 e. The van der Waals surface area contributed by atoms with E-state index >= 15 is 0 Å². The molecule has 1 atom stereocenters. The van der Waals surface area contributed by atoms with Crippen LogP contribution in [0, 0.1) is 0 Å². The van der Waals surface area contributed by atoms with Crippen LogP contribution >= 0.6 is 0 Å². The van der Waals surface area contributed by atoms with Crippen LogP contribution in [0.15, 0.2) is 18.3 Å². The SMILES string of the molecule is CC1CCc2[nH]c(-c3ccnc(NC(=O)OC(C)(C)C)c3)nc21. The quantitative estimate of drug-likeness (QED) is 0.882. The highest BCUT2D eigenvalue weighted by atomic mass is 16.6. The second kappa shape index (κ2) is 5.68. The van der Waals surface area contributed by atoms with Crippen LogP contribution < -0.4 is 5.32 Å². The van der Waals surface area contributed by atoms with Crippen molar-refractivity contribution in [1.82, 2.24) is 15.0 Å². The summed E-state index contributed by atoms with van der Waals surface area (Å²) in [5, 5.41) is 2.65. The second-order valence-corrected chi connectivity index (χ2v) is 6.95. The maximum Gasteiger partial charge on any atom is 0.413 e. The average molecular weight is 314 g/mol. The van der Waals surface area contributed by atoms with Crippen LogP contribution in [0.2, 0.25) is 0 Å². The molecule has 1 unspecified atom stereocenters. The highest BCUT2D eigenvalue weighted by Crippen LogP contribution is 2.33. The molecule has 1 amide bonds. The number of anilines is 1. The van der Waals surface area contributed by atoms with Crippen molar-refractivity contribution in [2.45, 2.75) is 52.1 Å². The van der Waals surface area contributed by atoms with Crippen LogP contribution in [0.3, 0.4) is 0 Å². The molecular formula is C17H22N4O2. The predicted molar refractivity (Wildman–Crippen MR) is 88.4 cm³/mol. The third kappa shape index (κ3) is 3.52. The molecule has 1 aliphatic rings. The van der Waals surface area contributed by atoms with Gasteiger partial charge in [-0.25, -0.2) is 14.8 Å². The van der Waals surface area contributed by atoms with E-state index in [1.807, 2.05) is 26.8 Å². The van der Waals surface area contributed by atoms with E-state index < -0.39 is 11.7 Å². The first kappa shape index (κ1) is 15.5. The summed E-state index contributed by atoms with van der Waals surface area (Å²) >= 11 is 0. The Hall–Kier alpha value is -2.37. The Balaban J connectivity index is 1.78. The predicted octanol–water partition coefficient (Wildman–Crippen LogP) is 3.87. The molecule has 3 rings (SSSR count). The number of aromatic amines is 1. The summed E-state index contributed by atoms with van der Waals surface area (Å²) in [6.07, 6.45) is 3.32. The zero-order valence-electron chi connectivity index (χ0n) is 13.9. The number of imidazole rings is 1. The van der Waals surface area contributed by atoms with Gasteiger partial charge in [-0.2, -0.15) is 0 Å². The molecule has 23 heavy (non-hydrogen) atoms. The molecule has 2 aromatic heterocycles. The number of pyridine rings is 1. The fraction of sp³-hybridized carbons (Fsp3) is 0.471. The lowest BCUT2D eigenvalue weighted by molar-refractivity contribution is 0.0635. The van der Waals surface area contributed by atoms with Crippen LogP contribution in [-0.2, 0) is 11.2 Å². The first-order valence-corrected chi connectivity index (χ1v) is 7.87. The molecule has 0 aliphatic heterocycles. The Morgan fingerprint density at radius 1 is 1.43 bits per heavy atom. The topological polar surface area (TPSA) is 79.9 Å². The number of amides is 1. The van der Waals surface area contributed by atoms with Gasteiger partial charge in [0.25, 0.3) is 0 Å². The molecule has 0 saturated carbocycles. The number of rotatable bonds is 2. The van der Waals surface area contributed by atoms with Crippen molar-refractivity contribution in [2.75, 3.05) is 5.32 Å². The molecule has 0 bridgehead atoms. The molecule has 0 fully saturated rings. The molecule has 0 aromatic carbocycles. The number of carbonyl (C=O) groups excluding carboxylic acids is 1. The lowest BCUT2D eigenvalue weighted by Crippen LogP contribution is -2.27. The van der Waals surface area contributed by atoms with E-state index in [9.17, 15) is 4.79 Å². The first-order valence-electron chi connectivity index (χ1n) is 7.87. The van der Waals surface area contributed by atoms with Gasteiger partial charge in [-0.1, -0.05) is 6.92 Å². The number of carbonyl (C=O) groups is 1. The number of aryl methyl sites for hydroxylation is 1. The number of nitrogens with one attached hydrogen (secondary N) is 2. The lowest BCUT2D eigenvalue weighted by Gasteiger charge is -2.19. The van der Waals surface area contributed by atoms with Gasteiger partial charge in [-0.15, -0.1) is 0 Å². The number of ether oxygens (including phenoxy) is 1. The van der Waals surface area contributed by atoms with Crippen molar-refractivity contribution < 1.29 is 9.53 Å². The van der Waals surface area contributed by atoms with Gasteiger partial charge in [0.1, 0.15) is 17.2 Å². The summed E-state index contributed by atoms with van der Waals surface area (Å²) in [5.41, 5.74) is 2.72. The summed E-state index contributed by atoms with van der Waals surface area (Å²) in [7, 11) is 0. The molecular weight excluding hydrogens is 292 g/mol. The molecule has 0 spiro atoms. The fourth-order valence-electron chi connectivity index (χ4n) is 2.71. The fourth-order valence-corrected chi connectivity index (χ4v) is 2.71. The molecule has 1 aliphatic carbocycles.